The Bertz CT molecular complexity index is 1150. The molecule has 0 spiro atoms. The van der Waals surface area contributed by atoms with E-state index in [2.05, 4.69) is 28.3 Å². The van der Waals surface area contributed by atoms with E-state index in [-0.39, 0.29) is 18.2 Å². The van der Waals surface area contributed by atoms with Crippen molar-refractivity contribution in [1.82, 2.24) is 20.5 Å². The van der Waals surface area contributed by atoms with Gasteiger partial charge in [0.15, 0.2) is 6.29 Å². The van der Waals surface area contributed by atoms with Gasteiger partial charge in [-0.05, 0) is 81.0 Å². The number of aromatic nitrogens is 1. The number of aryl methyl sites for hydroxylation is 1. The summed E-state index contributed by atoms with van der Waals surface area (Å²) in [4.78, 5) is 33.2. The second kappa shape index (κ2) is 14.5. The maximum absolute atomic E-state index is 13.3. The Labute approximate surface area is 228 Å². The minimum absolute atomic E-state index is 0.0568. The quantitative estimate of drug-likeness (QED) is 0.189. The molecule has 11 heteroatoms. The second-order valence-corrected chi connectivity index (χ2v) is 9.60. The molecule has 0 bridgehead atoms. The molecular formula is C28H36F2N6O3. The van der Waals surface area contributed by atoms with Crippen LogP contribution in [0.4, 0.5) is 19.4 Å². The molecule has 1 aromatic rings. The fourth-order valence-electron chi connectivity index (χ4n) is 4.99. The summed E-state index contributed by atoms with van der Waals surface area (Å²) in [6.07, 6.45) is 4.24. The molecule has 3 heterocycles. The van der Waals surface area contributed by atoms with Gasteiger partial charge < -0.3 is 15.4 Å². The number of hydrogen-bond donors (Lipinski definition) is 2. The van der Waals surface area contributed by atoms with Gasteiger partial charge in [-0.2, -0.15) is 5.26 Å². The highest BCUT2D eigenvalue weighted by molar-refractivity contribution is 5.94. The Morgan fingerprint density at radius 1 is 1.36 bits per heavy atom. The predicted molar refractivity (Wildman–Crippen MR) is 145 cm³/mol. The Balaban J connectivity index is 1.79. The summed E-state index contributed by atoms with van der Waals surface area (Å²) >= 11 is 0. The summed E-state index contributed by atoms with van der Waals surface area (Å²) in [5.41, 5.74) is 3.33. The van der Waals surface area contributed by atoms with Gasteiger partial charge in [-0.15, -0.1) is 0 Å². The molecule has 0 aromatic carbocycles. The Morgan fingerprint density at radius 2 is 2.10 bits per heavy atom. The van der Waals surface area contributed by atoms with Gasteiger partial charge in [0.05, 0.1) is 24.4 Å². The predicted octanol–water partition coefficient (Wildman–Crippen LogP) is 3.90. The van der Waals surface area contributed by atoms with Gasteiger partial charge in [-0.1, -0.05) is 6.58 Å². The highest BCUT2D eigenvalue weighted by atomic mass is 19.3. The monoisotopic (exact) mass is 542 g/mol. The number of fused-ring (bicyclic) bond motifs is 1. The van der Waals surface area contributed by atoms with Crippen molar-refractivity contribution in [2.45, 2.75) is 45.0 Å². The van der Waals surface area contributed by atoms with Gasteiger partial charge in [0.25, 0.3) is 6.43 Å². The number of ether oxygens (including phenoxy) is 1. The van der Waals surface area contributed by atoms with E-state index in [4.69, 9.17) is 4.74 Å². The first-order chi connectivity index (χ1) is 18.8. The Hall–Kier alpha value is -3.62. The first-order valence-corrected chi connectivity index (χ1v) is 13.1. The maximum atomic E-state index is 13.3. The molecule has 39 heavy (non-hydrogen) atoms. The number of amides is 2. The number of carbonyl (C=O) groups excluding carboxylic acids is 2. The van der Waals surface area contributed by atoms with Crippen molar-refractivity contribution in [3.63, 3.8) is 0 Å². The number of halogens is 2. The van der Waals surface area contributed by atoms with Crippen molar-refractivity contribution in [2.24, 2.45) is 0 Å². The molecule has 0 aliphatic carbocycles. The Kier molecular flexibility index (Phi) is 11.1. The molecule has 210 valence electrons. The Morgan fingerprint density at radius 3 is 2.72 bits per heavy atom. The van der Waals surface area contributed by atoms with Crippen LogP contribution in [-0.2, 0) is 11.2 Å². The van der Waals surface area contributed by atoms with E-state index < -0.39 is 12.5 Å². The van der Waals surface area contributed by atoms with E-state index in [0.717, 1.165) is 24.0 Å². The van der Waals surface area contributed by atoms with Crippen molar-refractivity contribution >= 4 is 18.1 Å². The number of allylic oxidation sites excluding steroid dienone is 4. The zero-order chi connectivity index (χ0) is 28.4. The van der Waals surface area contributed by atoms with Gasteiger partial charge in [0, 0.05) is 25.9 Å². The van der Waals surface area contributed by atoms with Crippen LogP contribution in [0.5, 0.6) is 0 Å². The molecule has 2 aliphatic heterocycles. The third kappa shape index (κ3) is 7.94. The molecule has 9 nitrogen and oxygen atoms in total. The van der Waals surface area contributed by atoms with Crippen molar-refractivity contribution in [1.29, 1.82) is 5.26 Å². The van der Waals surface area contributed by atoms with Gasteiger partial charge in [-0.25, -0.2) is 18.6 Å². The van der Waals surface area contributed by atoms with Gasteiger partial charge in [0.1, 0.15) is 17.6 Å². The molecular weight excluding hydrogens is 506 g/mol. The largest absolute Gasteiger partial charge is 0.383 e. The van der Waals surface area contributed by atoms with Gasteiger partial charge in [0.2, 0.25) is 0 Å². The summed E-state index contributed by atoms with van der Waals surface area (Å²) in [5.74, 6) is 0.506. The van der Waals surface area contributed by atoms with Crippen LogP contribution in [0.15, 0.2) is 41.8 Å². The van der Waals surface area contributed by atoms with E-state index >= 15 is 0 Å². The summed E-state index contributed by atoms with van der Waals surface area (Å²) in [6, 6.07) is 3.65. The SMILES string of the molecule is C=C/C(C#N)=C(\C=C(/C)NC(=O)N1CCCc2cc(C3CCN(CC(F)F)CC3)c(C=O)nc21)NCCOC. The van der Waals surface area contributed by atoms with E-state index in [1.165, 1.54) is 11.0 Å². The van der Waals surface area contributed by atoms with Crippen molar-refractivity contribution in [2.75, 3.05) is 51.3 Å². The normalized spacial score (nSPS) is 17.2. The van der Waals surface area contributed by atoms with Crippen molar-refractivity contribution in [3.05, 3.63) is 58.6 Å². The smallest absolute Gasteiger partial charge is 0.327 e. The summed E-state index contributed by atoms with van der Waals surface area (Å²) < 4.78 is 30.6. The molecule has 3 rings (SSSR count). The average molecular weight is 543 g/mol. The van der Waals surface area contributed by atoms with Gasteiger partial charge >= 0.3 is 6.03 Å². The number of nitrogens with zero attached hydrogens (tertiary/aromatic N) is 4. The van der Waals surface area contributed by atoms with Crippen LogP contribution in [0.2, 0.25) is 0 Å². The third-order valence-electron chi connectivity index (χ3n) is 6.90. The zero-order valence-electron chi connectivity index (χ0n) is 22.5. The number of nitriles is 1. The fraction of sp³-hybridized carbons (Fsp3) is 0.500. The number of hydrogen-bond acceptors (Lipinski definition) is 7. The van der Waals surface area contributed by atoms with E-state index in [1.54, 1.807) is 25.0 Å². The fourth-order valence-corrected chi connectivity index (χ4v) is 4.99. The van der Waals surface area contributed by atoms with Crippen LogP contribution in [0.1, 0.15) is 53.7 Å². The lowest BCUT2D eigenvalue weighted by molar-refractivity contribution is 0.0753. The molecule has 1 aromatic heterocycles. The first-order valence-electron chi connectivity index (χ1n) is 13.1. The number of piperidine rings is 1. The van der Waals surface area contributed by atoms with Crippen molar-refractivity contribution in [3.8, 4) is 6.07 Å². The van der Waals surface area contributed by atoms with Crippen LogP contribution in [-0.4, -0.2) is 75.1 Å². The average Bonchev–Trinajstić information content (AvgIpc) is 2.92. The topological polar surface area (TPSA) is 111 Å². The minimum Gasteiger partial charge on any atom is -0.383 e. The number of pyridine rings is 1. The van der Waals surface area contributed by atoms with Crippen LogP contribution in [0.25, 0.3) is 0 Å². The zero-order valence-corrected chi connectivity index (χ0v) is 22.5. The standard InChI is InChI=1S/C28H36F2N6O3/c1-4-20(16-31)24(32-9-13-39-3)14-19(2)33-28(38)36-10-5-6-22-15-23(25(18-37)34-27(22)36)21-7-11-35(12-8-21)17-26(29)30/h4,14-15,18,21,26,32H,1,5-13,17H2,2-3H3,(H,33,38)/b19-14+,24-20-. The number of likely N-dealkylation sites (tertiary alicyclic amines) is 1. The molecule has 0 atom stereocenters. The highest BCUT2D eigenvalue weighted by Gasteiger charge is 2.29. The van der Waals surface area contributed by atoms with Crippen LogP contribution < -0.4 is 15.5 Å². The number of rotatable bonds is 11. The molecule has 1 saturated heterocycles. The van der Waals surface area contributed by atoms with Crippen LogP contribution in [0, 0.1) is 11.3 Å². The summed E-state index contributed by atoms with van der Waals surface area (Å²) in [7, 11) is 1.58. The minimum atomic E-state index is -2.36. The van der Waals surface area contributed by atoms with Crippen LogP contribution >= 0.6 is 0 Å². The lowest BCUT2D eigenvalue weighted by Crippen LogP contribution is -2.43. The molecule has 2 aliphatic rings. The molecule has 0 saturated carbocycles. The second-order valence-electron chi connectivity index (χ2n) is 9.60. The summed E-state index contributed by atoms with van der Waals surface area (Å²) in [5, 5.41) is 15.4. The molecule has 0 radical (unpaired) electrons. The molecule has 1 fully saturated rings. The number of nitrogens with one attached hydrogen (secondary N) is 2. The number of urea groups is 1. The van der Waals surface area contributed by atoms with Crippen LogP contribution in [0.3, 0.4) is 0 Å². The molecule has 2 amide bonds. The van der Waals surface area contributed by atoms with E-state index in [9.17, 15) is 23.6 Å². The number of carbonyl (C=O) groups is 2. The molecule has 2 N–H and O–H groups in total. The van der Waals surface area contributed by atoms with E-state index in [0.29, 0.717) is 74.7 Å². The van der Waals surface area contributed by atoms with Crippen molar-refractivity contribution < 1.29 is 23.1 Å². The van der Waals surface area contributed by atoms with E-state index in [1.807, 2.05) is 6.07 Å². The third-order valence-corrected chi connectivity index (χ3v) is 6.90. The molecule has 0 unspecified atom stereocenters. The van der Waals surface area contributed by atoms with Gasteiger partial charge in [-0.3, -0.25) is 14.6 Å². The maximum Gasteiger partial charge on any atom is 0.327 e. The highest BCUT2D eigenvalue weighted by Crippen LogP contribution is 2.34. The number of aldehydes is 1. The number of methoxy groups -OCH3 is 1. The lowest BCUT2D eigenvalue weighted by Gasteiger charge is -2.34. The number of anilines is 1. The lowest BCUT2D eigenvalue weighted by atomic mass is 9.86. The first kappa shape index (κ1) is 29.9. The summed E-state index contributed by atoms with van der Waals surface area (Å²) in [6.45, 7) is 7.58. The number of alkyl halides is 2.